The van der Waals surface area contributed by atoms with Crippen molar-refractivity contribution in [2.24, 2.45) is 0 Å². The number of rotatable bonds is 1. The molecule has 0 amide bonds. The van der Waals surface area contributed by atoms with E-state index >= 15 is 0 Å². The minimum atomic E-state index is -0.234. The van der Waals surface area contributed by atoms with Crippen molar-refractivity contribution in [3.63, 3.8) is 0 Å². The Kier molecular flexibility index (Phi) is 2.63. The lowest BCUT2D eigenvalue weighted by Crippen LogP contribution is -1.76. The molecule has 0 nitrogen and oxygen atoms in total. The molecular weight excluding hydrogens is 167 g/mol. The smallest absolute Gasteiger partial charge is 0.124 e. The quantitative estimate of drug-likeness (QED) is 0.504. The van der Waals surface area contributed by atoms with Gasteiger partial charge >= 0.3 is 0 Å². The van der Waals surface area contributed by atoms with E-state index in [1.54, 1.807) is 17.8 Å². The molecule has 0 radical (unpaired) electrons. The Balaban J connectivity index is 3.07. The number of hydrogen-bond donors (Lipinski definition) is 1. The molecule has 10 heavy (non-hydrogen) atoms. The van der Waals surface area contributed by atoms with Crippen LogP contribution in [0.3, 0.4) is 0 Å². The van der Waals surface area contributed by atoms with Gasteiger partial charge < -0.3 is 0 Å². The van der Waals surface area contributed by atoms with Crippen molar-refractivity contribution in [1.82, 2.24) is 0 Å². The summed E-state index contributed by atoms with van der Waals surface area (Å²) in [6.45, 7) is 0. The lowest BCUT2D eigenvalue weighted by molar-refractivity contribution is 0.622. The van der Waals surface area contributed by atoms with Gasteiger partial charge in [0.05, 0.1) is 0 Å². The number of hydrogen-bond acceptors (Lipinski definition) is 2. The van der Waals surface area contributed by atoms with Gasteiger partial charge in [0, 0.05) is 9.79 Å². The number of thioether (sulfide) groups is 1. The maximum absolute atomic E-state index is 12.4. The molecule has 0 heterocycles. The maximum Gasteiger partial charge on any atom is 0.124 e. The molecule has 0 aliphatic rings. The predicted octanol–water partition coefficient (Wildman–Crippen LogP) is 2.84. The van der Waals surface area contributed by atoms with E-state index in [-0.39, 0.29) is 5.82 Å². The summed E-state index contributed by atoms with van der Waals surface area (Å²) in [7, 11) is 0. The highest BCUT2D eigenvalue weighted by Gasteiger charge is 1.97. The van der Waals surface area contributed by atoms with Crippen LogP contribution in [0, 0.1) is 5.82 Å². The molecule has 0 N–H and O–H groups in total. The van der Waals surface area contributed by atoms with Gasteiger partial charge in [-0.25, -0.2) is 4.39 Å². The van der Waals surface area contributed by atoms with E-state index in [1.807, 2.05) is 6.26 Å². The Bertz CT molecular complexity index is 235. The van der Waals surface area contributed by atoms with Crippen LogP contribution in [-0.2, 0) is 0 Å². The average molecular weight is 174 g/mol. The standard InChI is InChI=1S/C7H7FS2/c1-10-7-3-2-5(8)4-6(7)9/h2-4,9H,1H3. The largest absolute Gasteiger partial charge is 0.207 e. The van der Waals surface area contributed by atoms with Crippen LogP contribution in [0.1, 0.15) is 0 Å². The minimum absolute atomic E-state index is 0.234. The van der Waals surface area contributed by atoms with Gasteiger partial charge in [0.2, 0.25) is 0 Å². The summed E-state index contributed by atoms with van der Waals surface area (Å²) in [5.41, 5.74) is 0. The first kappa shape index (κ1) is 7.95. The van der Waals surface area contributed by atoms with Crippen molar-refractivity contribution < 1.29 is 4.39 Å². The Morgan fingerprint density at radius 1 is 1.50 bits per heavy atom. The van der Waals surface area contributed by atoms with Crippen LogP contribution in [0.5, 0.6) is 0 Å². The summed E-state index contributed by atoms with van der Waals surface area (Å²) < 4.78 is 12.4. The van der Waals surface area contributed by atoms with Crippen molar-refractivity contribution in [3.8, 4) is 0 Å². The Morgan fingerprint density at radius 2 is 2.20 bits per heavy atom. The molecule has 0 spiro atoms. The van der Waals surface area contributed by atoms with E-state index in [9.17, 15) is 4.39 Å². The zero-order valence-electron chi connectivity index (χ0n) is 5.47. The summed E-state index contributed by atoms with van der Waals surface area (Å²) in [5, 5.41) is 0. The van der Waals surface area contributed by atoms with Crippen molar-refractivity contribution in [1.29, 1.82) is 0 Å². The maximum atomic E-state index is 12.4. The topological polar surface area (TPSA) is 0 Å². The molecule has 0 fully saturated rings. The third kappa shape index (κ3) is 1.67. The van der Waals surface area contributed by atoms with Gasteiger partial charge in [0.15, 0.2) is 0 Å². The van der Waals surface area contributed by atoms with E-state index in [4.69, 9.17) is 0 Å². The van der Waals surface area contributed by atoms with Gasteiger partial charge in [-0.1, -0.05) is 0 Å². The molecule has 1 aromatic carbocycles. The van der Waals surface area contributed by atoms with E-state index in [0.717, 1.165) is 4.90 Å². The Hall–Kier alpha value is -0.150. The molecule has 54 valence electrons. The second kappa shape index (κ2) is 3.30. The zero-order valence-corrected chi connectivity index (χ0v) is 7.18. The molecule has 0 aliphatic carbocycles. The molecule has 0 bridgehead atoms. The molecule has 0 unspecified atom stereocenters. The van der Waals surface area contributed by atoms with E-state index in [0.29, 0.717) is 4.90 Å². The van der Waals surface area contributed by atoms with Crippen LogP contribution in [0.2, 0.25) is 0 Å². The van der Waals surface area contributed by atoms with Crippen LogP contribution in [-0.4, -0.2) is 6.26 Å². The van der Waals surface area contributed by atoms with Crippen LogP contribution in [0.4, 0.5) is 4.39 Å². The zero-order chi connectivity index (χ0) is 7.56. The summed E-state index contributed by atoms with van der Waals surface area (Å²) in [5.74, 6) is -0.234. The van der Waals surface area contributed by atoms with E-state index in [2.05, 4.69) is 12.6 Å². The van der Waals surface area contributed by atoms with E-state index < -0.39 is 0 Å². The first-order valence-corrected chi connectivity index (χ1v) is 4.43. The molecule has 0 atom stereocenters. The van der Waals surface area contributed by atoms with Gasteiger partial charge in [-0.2, -0.15) is 0 Å². The Labute approximate surface area is 69.2 Å². The SMILES string of the molecule is CSc1ccc(F)cc1S. The number of benzene rings is 1. The highest BCUT2D eigenvalue weighted by molar-refractivity contribution is 7.99. The van der Waals surface area contributed by atoms with Crippen LogP contribution >= 0.6 is 24.4 Å². The fourth-order valence-corrected chi connectivity index (χ4v) is 1.61. The molecular formula is C7H7FS2. The predicted molar refractivity (Wildman–Crippen MR) is 45.4 cm³/mol. The highest BCUT2D eigenvalue weighted by atomic mass is 32.2. The second-order valence-electron chi connectivity index (χ2n) is 1.82. The average Bonchev–Trinajstić information content (AvgIpc) is 1.88. The van der Waals surface area contributed by atoms with Crippen LogP contribution in [0.25, 0.3) is 0 Å². The molecule has 0 saturated carbocycles. The number of thiol groups is 1. The lowest BCUT2D eigenvalue weighted by Gasteiger charge is -1.98. The summed E-state index contributed by atoms with van der Waals surface area (Å²) in [6, 6.07) is 4.57. The fourth-order valence-electron chi connectivity index (χ4n) is 0.663. The fraction of sp³-hybridized carbons (Fsp3) is 0.143. The summed E-state index contributed by atoms with van der Waals surface area (Å²) in [6.07, 6.45) is 1.94. The second-order valence-corrected chi connectivity index (χ2v) is 3.15. The third-order valence-electron chi connectivity index (χ3n) is 1.14. The molecule has 1 aromatic rings. The molecule has 0 saturated heterocycles. The van der Waals surface area contributed by atoms with Gasteiger partial charge in [0.1, 0.15) is 5.82 Å². The normalized spacial score (nSPS) is 9.90. The Morgan fingerprint density at radius 3 is 2.70 bits per heavy atom. The van der Waals surface area contributed by atoms with Crippen LogP contribution < -0.4 is 0 Å². The molecule has 3 heteroatoms. The van der Waals surface area contributed by atoms with Crippen molar-refractivity contribution >= 4 is 24.4 Å². The van der Waals surface area contributed by atoms with Gasteiger partial charge in [-0.15, -0.1) is 24.4 Å². The first-order chi connectivity index (χ1) is 4.74. The minimum Gasteiger partial charge on any atom is -0.207 e. The van der Waals surface area contributed by atoms with Crippen molar-refractivity contribution in [3.05, 3.63) is 24.0 Å². The van der Waals surface area contributed by atoms with Gasteiger partial charge in [0.25, 0.3) is 0 Å². The molecule has 0 aliphatic heterocycles. The van der Waals surface area contributed by atoms with Gasteiger partial charge in [-0.05, 0) is 24.5 Å². The molecule has 0 aromatic heterocycles. The molecule has 1 rings (SSSR count). The lowest BCUT2D eigenvalue weighted by atomic mass is 10.3. The summed E-state index contributed by atoms with van der Waals surface area (Å²) >= 11 is 5.65. The number of halogens is 1. The van der Waals surface area contributed by atoms with Crippen molar-refractivity contribution in [2.45, 2.75) is 9.79 Å². The van der Waals surface area contributed by atoms with Crippen LogP contribution in [0.15, 0.2) is 28.0 Å². The third-order valence-corrected chi connectivity index (χ3v) is 2.46. The van der Waals surface area contributed by atoms with Gasteiger partial charge in [-0.3, -0.25) is 0 Å². The monoisotopic (exact) mass is 174 g/mol. The summed E-state index contributed by atoms with van der Waals surface area (Å²) in [4.78, 5) is 1.71. The van der Waals surface area contributed by atoms with Crippen molar-refractivity contribution in [2.75, 3.05) is 6.26 Å². The first-order valence-electron chi connectivity index (χ1n) is 2.76. The highest BCUT2D eigenvalue weighted by Crippen LogP contribution is 2.23. The van der Waals surface area contributed by atoms with E-state index in [1.165, 1.54) is 12.1 Å².